The molecule has 0 saturated carbocycles. The van der Waals surface area contributed by atoms with Gasteiger partial charge in [0.1, 0.15) is 6.33 Å². The smallest absolute Gasteiger partial charge is 0.254 e. The van der Waals surface area contributed by atoms with Crippen molar-refractivity contribution in [3.8, 4) is 0 Å². The van der Waals surface area contributed by atoms with Gasteiger partial charge in [-0.1, -0.05) is 27.7 Å². The SMILES string of the molecule is CC(C)c1[nH]ncc1CNC(=O)c1cnc2ncnn2c1C(C)C. The van der Waals surface area contributed by atoms with Crippen LogP contribution in [-0.2, 0) is 6.54 Å². The predicted octanol–water partition coefficient (Wildman–Crippen LogP) is 2.02. The molecule has 8 heteroatoms. The summed E-state index contributed by atoms with van der Waals surface area (Å²) in [5.41, 5.74) is 3.33. The average Bonchev–Trinajstić information content (AvgIpc) is 3.19. The zero-order chi connectivity index (χ0) is 17.3. The van der Waals surface area contributed by atoms with Crippen molar-refractivity contribution in [2.45, 2.75) is 46.1 Å². The molecule has 3 rings (SSSR count). The number of aromatic amines is 1. The van der Waals surface area contributed by atoms with Crippen LogP contribution in [0.1, 0.15) is 66.8 Å². The molecular weight excluding hydrogens is 306 g/mol. The van der Waals surface area contributed by atoms with Gasteiger partial charge in [0, 0.05) is 24.0 Å². The summed E-state index contributed by atoms with van der Waals surface area (Å²) in [6.45, 7) is 8.60. The lowest BCUT2D eigenvalue weighted by Gasteiger charge is -2.14. The Balaban J connectivity index is 1.86. The minimum Gasteiger partial charge on any atom is -0.348 e. The van der Waals surface area contributed by atoms with E-state index in [-0.39, 0.29) is 11.8 Å². The van der Waals surface area contributed by atoms with Crippen molar-refractivity contribution < 1.29 is 4.79 Å². The van der Waals surface area contributed by atoms with Crippen LogP contribution < -0.4 is 5.32 Å². The molecule has 0 fully saturated rings. The minimum atomic E-state index is -0.181. The second-order valence-electron chi connectivity index (χ2n) is 6.33. The number of H-pyrrole nitrogens is 1. The maximum atomic E-state index is 12.7. The molecule has 3 aromatic heterocycles. The molecule has 0 spiro atoms. The fraction of sp³-hybridized carbons (Fsp3) is 0.438. The van der Waals surface area contributed by atoms with E-state index in [4.69, 9.17) is 0 Å². The van der Waals surface area contributed by atoms with E-state index in [1.54, 1.807) is 16.9 Å². The molecule has 2 N–H and O–H groups in total. The molecule has 8 nitrogen and oxygen atoms in total. The van der Waals surface area contributed by atoms with Crippen LogP contribution in [0.25, 0.3) is 5.78 Å². The predicted molar refractivity (Wildman–Crippen MR) is 88.7 cm³/mol. The van der Waals surface area contributed by atoms with Crippen LogP contribution in [0, 0.1) is 0 Å². The van der Waals surface area contributed by atoms with E-state index in [0.717, 1.165) is 17.0 Å². The van der Waals surface area contributed by atoms with Crippen LogP contribution in [0.2, 0.25) is 0 Å². The molecule has 0 saturated heterocycles. The van der Waals surface area contributed by atoms with Gasteiger partial charge in [0.2, 0.25) is 0 Å². The molecule has 3 heterocycles. The van der Waals surface area contributed by atoms with E-state index >= 15 is 0 Å². The number of rotatable bonds is 5. The van der Waals surface area contributed by atoms with Gasteiger partial charge in [0.25, 0.3) is 11.7 Å². The number of nitrogens with zero attached hydrogens (tertiary/aromatic N) is 5. The van der Waals surface area contributed by atoms with Gasteiger partial charge in [-0.25, -0.2) is 9.50 Å². The lowest BCUT2D eigenvalue weighted by molar-refractivity contribution is 0.0948. The fourth-order valence-electron chi connectivity index (χ4n) is 2.76. The van der Waals surface area contributed by atoms with E-state index in [9.17, 15) is 4.79 Å². The number of amides is 1. The summed E-state index contributed by atoms with van der Waals surface area (Å²) < 4.78 is 1.62. The van der Waals surface area contributed by atoms with E-state index < -0.39 is 0 Å². The summed E-state index contributed by atoms with van der Waals surface area (Å²) in [6, 6.07) is 0. The van der Waals surface area contributed by atoms with Crippen LogP contribution in [-0.4, -0.2) is 35.7 Å². The zero-order valence-electron chi connectivity index (χ0n) is 14.2. The van der Waals surface area contributed by atoms with Crippen molar-refractivity contribution in [3.05, 3.63) is 41.2 Å². The van der Waals surface area contributed by atoms with Gasteiger partial charge in [-0.3, -0.25) is 9.89 Å². The molecule has 3 aromatic rings. The van der Waals surface area contributed by atoms with Crippen molar-refractivity contribution in [2.75, 3.05) is 0 Å². The lowest BCUT2D eigenvalue weighted by Crippen LogP contribution is -2.26. The third-order valence-corrected chi connectivity index (χ3v) is 3.90. The molecule has 126 valence electrons. The maximum Gasteiger partial charge on any atom is 0.254 e. The highest BCUT2D eigenvalue weighted by atomic mass is 16.1. The first-order valence-electron chi connectivity index (χ1n) is 7.98. The van der Waals surface area contributed by atoms with Gasteiger partial charge in [-0.15, -0.1) is 0 Å². The Morgan fingerprint density at radius 3 is 2.71 bits per heavy atom. The Morgan fingerprint density at radius 2 is 2.00 bits per heavy atom. The number of fused-ring (bicyclic) bond motifs is 1. The molecule has 24 heavy (non-hydrogen) atoms. The number of nitrogens with one attached hydrogen (secondary N) is 2. The Morgan fingerprint density at radius 1 is 1.21 bits per heavy atom. The number of carbonyl (C=O) groups is 1. The van der Waals surface area contributed by atoms with Gasteiger partial charge >= 0.3 is 0 Å². The molecule has 0 bridgehead atoms. The molecule has 0 aromatic carbocycles. The maximum absolute atomic E-state index is 12.7. The molecule has 0 radical (unpaired) electrons. The van der Waals surface area contributed by atoms with Crippen LogP contribution in [0.3, 0.4) is 0 Å². The van der Waals surface area contributed by atoms with Crippen molar-refractivity contribution in [2.24, 2.45) is 0 Å². The second-order valence-corrected chi connectivity index (χ2v) is 6.33. The topological polar surface area (TPSA) is 101 Å². The minimum absolute atomic E-state index is 0.109. The largest absolute Gasteiger partial charge is 0.348 e. The summed E-state index contributed by atoms with van der Waals surface area (Å²) in [4.78, 5) is 21.0. The van der Waals surface area contributed by atoms with Crippen molar-refractivity contribution >= 4 is 11.7 Å². The van der Waals surface area contributed by atoms with Gasteiger partial charge in [0.05, 0.1) is 17.5 Å². The molecule has 0 atom stereocenters. The zero-order valence-corrected chi connectivity index (χ0v) is 14.2. The molecular formula is C16H21N7O. The van der Waals surface area contributed by atoms with Crippen molar-refractivity contribution in [1.82, 2.24) is 35.1 Å². The summed E-state index contributed by atoms with van der Waals surface area (Å²) >= 11 is 0. The first-order chi connectivity index (χ1) is 11.5. The van der Waals surface area contributed by atoms with Crippen LogP contribution in [0.5, 0.6) is 0 Å². The summed E-state index contributed by atoms with van der Waals surface area (Å²) in [6.07, 6.45) is 4.75. The molecule has 0 aliphatic rings. The summed E-state index contributed by atoms with van der Waals surface area (Å²) in [7, 11) is 0. The Bertz CT molecular complexity index is 862. The monoisotopic (exact) mass is 327 g/mol. The van der Waals surface area contributed by atoms with E-state index in [0.29, 0.717) is 23.8 Å². The van der Waals surface area contributed by atoms with Crippen LogP contribution in [0.4, 0.5) is 0 Å². The Labute approximate surface area is 139 Å². The highest BCUT2D eigenvalue weighted by Crippen LogP contribution is 2.20. The lowest BCUT2D eigenvalue weighted by atomic mass is 10.0. The fourth-order valence-corrected chi connectivity index (χ4v) is 2.76. The molecule has 0 aliphatic heterocycles. The van der Waals surface area contributed by atoms with Gasteiger partial charge in [-0.05, 0) is 11.8 Å². The molecule has 0 unspecified atom stereocenters. The molecule has 1 amide bonds. The third-order valence-electron chi connectivity index (χ3n) is 3.90. The summed E-state index contributed by atoms with van der Waals surface area (Å²) in [5.74, 6) is 0.739. The van der Waals surface area contributed by atoms with E-state index in [2.05, 4.69) is 44.4 Å². The number of carbonyl (C=O) groups excluding carboxylic acids is 1. The first-order valence-corrected chi connectivity index (χ1v) is 7.98. The van der Waals surface area contributed by atoms with Gasteiger partial charge < -0.3 is 5.32 Å². The average molecular weight is 327 g/mol. The highest BCUT2D eigenvalue weighted by Gasteiger charge is 2.19. The number of aromatic nitrogens is 6. The normalized spacial score (nSPS) is 11.6. The van der Waals surface area contributed by atoms with Crippen molar-refractivity contribution in [3.63, 3.8) is 0 Å². The highest BCUT2D eigenvalue weighted by molar-refractivity contribution is 5.95. The summed E-state index contributed by atoms with van der Waals surface area (Å²) in [5, 5.41) is 14.2. The quantitative estimate of drug-likeness (QED) is 0.746. The van der Waals surface area contributed by atoms with Crippen LogP contribution >= 0.6 is 0 Å². The van der Waals surface area contributed by atoms with Gasteiger partial charge in [0.15, 0.2) is 0 Å². The third kappa shape index (κ3) is 2.86. The standard InChI is InChI=1S/C16H21N7O/c1-9(2)13-11(6-20-22-13)5-17-15(24)12-7-18-16-19-8-21-23(16)14(12)10(3)4/h6-10H,5H2,1-4H3,(H,17,24)(H,20,22). The first kappa shape index (κ1) is 16.1. The van der Waals surface area contributed by atoms with E-state index in [1.165, 1.54) is 6.33 Å². The number of hydrogen-bond donors (Lipinski definition) is 2. The Hall–Kier alpha value is -2.77. The molecule has 0 aliphatic carbocycles. The van der Waals surface area contributed by atoms with Crippen molar-refractivity contribution in [1.29, 1.82) is 0 Å². The number of hydrogen-bond acceptors (Lipinski definition) is 5. The van der Waals surface area contributed by atoms with Gasteiger partial charge in [-0.2, -0.15) is 15.2 Å². The van der Waals surface area contributed by atoms with Crippen LogP contribution in [0.15, 0.2) is 18.7 Å². The Kier molecular flexibility index (Phi) is 4.28. The van der Waals surface area contributed by atoms with E-state index in [1.807, 2.05) is 13.8 Å². The second kappa shape index (κ2) is 6.38.